The predicted octanol–water partition coefficient (Wildman–Crippen LogP) is 1.46. The van der Waals surface area contributed by atoms with E-state index in [1.165, 1.54) is 6.07 Å². The molecule has 142 valence electrons. The van der Waals surface area contributed by atoms with Gasteiger partial charge in [0.2, 0.25) is 15.9 Å². The topological polar surface area (TPSA) is 114 Å². The van der Waals surface area contributed by atoms with E-state index in [1.54, 1.807) is 19.1 Å². The lowest BCUT2D eigenvalue weighted by atomic mass is 10.2. The van der Waals surface area contributed by atoms with Gasteiger partial charge in [-0.2, -0.15) is 0 Å². The summed E-state index contributed by atoms with van der Waals surface area (Å²) in [7, 11) is -3.95. The third-order valence-corrected chi connectivity index (χ3v) is 5.16. The standard InChI is InChI=1S/C17H16FN3O5S/c1-10-17(23)21-14-8-12(4-7-15(14)26-10)20-16(22)9-19-27(24,25)13-5-2-11(18)3-6-13/h2-8,10,19H,9H2,1H3,(H,20,22)(H,21,23)/t10-/m1/s1. The van der Waals surface area contributed by atoms with Crippen molar-refractivity contribution in [3.63, 3.8) is 0 Å². The summed E-state index contributed by atoms with van der Waals surface area (Å²) < 4.78 is 44.6. The third-order valence-electron chi connectivity index (χ3n) is 3.74. The molecule has 0 saturated carbocycles. The Morgan fingerprint density at radius 3 is 2.63 bits per heavy atom. The van der Waals surface area contributed by atoms with Crippen LogP contribution < -0.4 is 20.1 Å². The largest absolute Gasteiger partial charge is 0.479 e. The van der Waals surface area contributed by atoms with Crippen LogP contribution in [0.4, 0.5) is 15.8 Å². The van der Waals surface area contributed by atoms with Crippen molar-refractivity contribution in [2.45, 2.75) is 17.9 Å². The van der Waals surface area contributed by atoms with Gasteiger partial charge in [-0.15, -0.1) is 0 Å². The Kier molecular flexibility index (Phi) is 5.10. The Morgan fingerprint density at radius 2 is 1.93 bits per heavy atom. The molecule has 2 aromatic rings. The molecular formula is C17H16FN3O5S. The Labute approximate surface area is 154 Å². The smallest absolute Gasteiger partial charge is 0.265 e. The lowest BCUT2D eigenvalue weighted by Crippen LogP contribution is -2.34. The number of halogens is 1. The second-order valence-corrected chi connectivity index (χ2v) is 7.55. The number of amides is 2. The number of hydrogen-bond acceptors (Lipinski definition) is 5. The molecule has 0 radical (unpaired) electrons. The molecule has 2 amide bonds. The van der Waals surface area contributed by atoms with Crippen molar-refractivity contribution in [1.82, 2.24) is 4.72 Å². The van der Waals surface area contributed by atoms with Crippen LogP contribution in [0, 0.1) is 5.82 Å². The van der Waals surface area contributed by atoms with Crippen molar-refractivity contribution in [2.75, 3.05) is 17.2 Å². The zero-order chi connectivity index (χ0) is 19.6. The van der Waals surface area contributed by atoms with Crippen LogP contribution in [0.2, 0.25) is 0 Å². The van der Waals surface area contributed by atoms with Crippen molar-refractivity contribution in [3.8, 4) is 5.75 Å². The molecule has 2 aromatic carbocycles. The number of carbonyl (C=O) groups excluding carboxylic acids is 2. The van der Waals surface area contributed by atoms with E-state index in [-0.39, 0.29) is 10.8 Å². The first kappa shape index (κ1) is 18.8. The maximum absolute atomic E-state index is 12.9. The lowest BCUT2D eigenvalue weighted by Gasteiger charge is -2.23. The number of sulfonamides is 1. The summed E-state index contributed by atoms with van der Waals surface area (Å²) in [5.74, 6) is -1.02. The molecule has 10 heteroatoms. The van der Waals surface area contributed by atoms with E-state index in [1.807, 2.05) is 0 Å². The fourth-order valence-corrected chi connectivity index (χ4v) is 3.33. The van der Waals surface area contributed by atoms with Gasteiger partial charge in [-0.05, 0) is 49.4 Å². The molecule has 1 heterocycles. The predicted molar refractivity (Wildman–Crippen MR) is 95.4 cm³/mol. The molecular weight excluding hydrogens is 377 g/mol. The Hall–Kier alpha value is -2.98. The van der Waals surface area contributed by atoms with Crippen molar-refractivity contribution >= 4 is 33.2 Å². The average molecular weight is 393 g/mol. The first-order chi connectivity index (χ1) is 12.7. The molecule has 1 aliphatic heterocycles. The summed E-state index contributed by atoms with van der Waals surface area (Å²) in [6, 6.07) is 8.88. The van der Waals surface area contributed by atoms with Crippen LogP contribution in [0.25, 0.3) is 0 Å². The number of rotatable bonds is 5. The van der Waals surface area contributed by atoms with Gasteiger partial charge in [0.25, 0.3) is 5.91 Å². The molecule has 0 saturated heterocycles. The van der Waals surface area contributed by atoms with E-state index in [9.17, 15) is 22.4 Å². The highest BCUT2D eigenvalue weighted by Crippen LogP contribution is 2.32. The zero-order valence-corrected chi connectivity index (χ0v) is 15.0. The van der Waals surface area contributed by atoms with Crippen LogP contribution in [0.3, 0.4) is 0 Å². The highest BCUT2D eigenvalue weighted by molar-refractivity contribution is 7.89. The quantitative estimate of drug-likeness (QED) is 0.712. The SMILES string of the molecule is C[C@H]1Oc2ccc(NC(=O)CNS(=O)(=O)c3ccc(F)cc3)cc2NC1=O. The summed E-state index contributed by atoms with van der Waals surface area (Å²) in [4.78, 5) is 23.5. The second kappa shape index (κ2) is 7.33. The fourth-order valence-electron chi connectivity index (χ4n) is 2.35. The van der Waals surface area contributed by atoms with E-state index in [2.05, 4.69) is 15.4 Å². The monoisotopic (exact) mass is 393 g/mol. The first-order valence-electron chi connectivity index (χ1n) is 7.91. The van der Waals surface area contributed by atoms with Gasteiger partial charge < -0.3 is 15.4 Å². The van der Waals surface area contributed by atoms with Crippen LogP contribution in [-0.2, 0) is 19.6 Å². The molecule has 0 fully saturated rings. The van der Waals surface area contributed by atoms with Crippen LogP contribution in [-0.4, -0.2) is 32.9 Å². The fraction of sp³-hybridized carbons (Fsp3) is 0.176. The molecule has 0 unspecified atom stereocenters. The summed E-state index contributed by atoms with van der Waals surface area (Å²) in [6.45, 7) is 1.10. The number of anilines is 2. The molecule has 1 atom stereocenters. The maximum atomic E-state index is 12.9. The van der Waals surface area contributed by atoms with Crippen molar-refractivity contribution < 1.29 is 27.1 Å². The van der Waals surface area contributed by atoms with Gasteiger partial charge in [0, 0.05) is 5.69 Å². The summed E-state index contributed by atoms with van der Waals surface area (Å²) in [6.07, 6.45) is -0.612. The number of nitrogens with one attached hydrogen (secondary N) is 3. The van der Waals surface area contributed by atoms with E-state index >= 15 is 0 Å². The normalized spacial score (nSPS) is 16.1. The van der Waals surface area contributed by atoms with Crippen LogP contribution in [0.15, 0.2) is 47.4 Å². The van der Waals surface area contributed by atoms with Gasteiger partial charge in [0.05, 0.1) is 17.1 Å². The molecule has 1 aliphatic rings. The summed E-state index contributed by atoms with van der Waals surface area (Å²) in [5.41, 5.74) is 0.765. The van der Waals surface area contributed by atoms with Gasteiger partial charge in [0.1, 0.15) is 11.6 Å². The lowest BCUT2D eigenvalue weighted by molar-refractivity contribution is -0.122. The van der Waals surface area contributed by atoms with Crippen molar-refractivity contribution in [1.29, 1.82) is 0 Å². The Bertz CT molecular complexity index is 992. The van der Waals surface area contributed by atoms with Crippen LogP contribution >= 0.6 is 0 Å². The summed E-state index contributed by atoms with van der Waals surface area (Å²) >= 11 is 0. The van der Waals surface area contributed by atoms with Gasteiger partial charge in [-0.25, -0.2) is 17.5 Å². The maximum Gasteiger partial charge on any atom is 0.265 e. The van der Waals surface area contributed by atoms with E-state index in [0.717, 1.165) is 24.3 Å². The van der Waals surface area contributed by atoms with E-state index < -0.39 is 34.4 Å². The minimum atomic E-state index is -3.95. The minimum absolute atomic E-state index is 0.153. The summed E-state index contributed by atoms with van der Waals surface area (Å²) in [5, 5.41) is 5.17. The van der Waals surface area contributed by atoms with Crippen molar-refractivity contribution in [2.24, 2.45) is 0 Å². The average Bonchev–Trinajstić information content (AvgIpc) is 2.62. The van der Waals surface area contributed by atoms with Gasteiger partial charge in [-0.1, -0.05) is 0 Å². The molecule has 27 heavy (non-hydrogen) atoms. The van der Waals surface area contributed by atoms with E-state index in [4.69, 9.17) is 4.74 Å². The zero-order valence-electron chi connectivity index (χ0n) is 14.2. The number of ether oxygens (including phenoxy) is 1. The van der Waals surface area contributed by atoms with Crippen LogP contribution in [0.5, 0.6) is 5.75 Å². The number of hydrogen-bond donors (Lipinski definition) is 3. The van der Waals surface area contributed by atoms with Gasteiger partial charge in [-0.3, -0.25) is 9.59 Å². The molecule has 0 aromatic heterocycles. The van der Waals surface area contributed by atoms with Gasteiger partial charge >= 0.3 is 0 Å². The van der Waals surface area contributed by atoms with Crippen LogP contribution in [0.1, 0.15) is 6.92 Å². The molecule has 3 rings (SSSR count). The van der Waals surface area contributed by atoms with Gasteiger partial charge in [0.15, 0.2) is 6.10 Å². The highest BCUT2D eigenvalue weighted by atomic mass is 32.2. The molecule has 3 N–H and O–H groups in total. The number of fused-ring (bicyclic) bond motifs is 1. The molecule has 8 nitrogen and oxygen atoms in total. The molecule has 0 spiro atoms. The first-order valence-corrected chi connectivity index (χ1v) is 9.39. The minimum Gasteiger partial charge on any atom is -0.479 e. The molecule has 0 bridgehead atoms. The highest BCUT2D eigenvalue weighted by Gasteiger charge is 2.23. The molecule has 0 aliphatic carbocycles. The third kappa shape index (κ3) is 4.41. The number of carbonyl (C=O) groups is 2. The number of benzene rings is 2. The van der Waals surface area contributed by atoms with E-state index in [0.29, 0.717) is 17.1 Å². The Morgan fingerprint density at radius 1 is 1.22 bits per heavy atom. The Balaban J connectivity index is 1.62. The van der Waals surface area contributed by atoms with Crippen molar-refractivity contribution in [3.05, 3.63) is 48.3 Å². The second-order valence-electron chi connectivity index (χ2n) is 5.79.